The predicted octanol–water partition coefficient (Wildman–Crippen LogP) is 2.34. The lowest BCUT2D eigenvalue weighted by atomic mass is 9.88. The zero-order chi connectivity index (χ0) is 11.1. The van der Waals surface area contributed by atoms with Crippen molar-refractivity contribution in [2.75, 3.05) is 0 Å². The topological polar surface area (TPSA) is 46.2 Å². The molecule has 78 valence electrons. The maximum Gasteiger partial charge on any atom is 0.126 e. The van der Waals surface area contributed by atoms with E-state index in [1.54, 1.807) is 27.7 Å². The van der Waals surface area contributed by atoms with Gasteiger partial charge >= 0.3 is 0 Å². The Morgan fingerprint density at radius 1 is 1.36 bits per heavy atom. The zero-order valence-electron chi connectivity index (χ0n) is 8.98. The highest BCUT2D eigenvalue weighted by atomic mass is 19.1. The van der Waals surface area contributed by atoms with Gasteiger partial charge in [0.1, 0.15) is 11.6 Å². The van der Waals surface area contributed by atoms with Gasteiger partial charge in [0.15, 0.2) is 0 Å². The smallest absolute Gasteiger partial charge is 0.126 e. The van der Waals surface area contributed by atoms with Crippen molar-refractivity contribution in [3.05, 3.63) is 28.6 Å². The second kappa shape index (κ2) is 3.24. The van der Waals surface area contributed by atoms with Crippen molar-refractivity contribution in [2.45, 2.75) is 33.2 Å². The number of benzene rings is 1. The van der Waals surface area contributed by atoms with Crippen molar-refractivity contribution in [1.29, 1.82) is 0 Å². The SMILES string of the molecule is Cc1cc(F)c(C)c(C(C)(C)N)c1O. The molecule has 0 saturated heterocycles. The molecule has 0 spiro atoms. The first kappa shape index (κ1) is 11.0. The molecule has 1 aromatic carbocycles. The van der Waals surface area contributed by atoms with E-state index in [2.05, 4.69) is 0 Å². The van der Waals surface area contributed by atoms with Crippen LogP contribution in [-0.2, 0) is 5.54 Å². The van der Waals surface area contributed by atoms with E-state index in [0.717, 1.165) is 0 Å². The maximum atomic E-state index is 13.4. The van der Waals surface area contributed by atoms with Crippen LogP contribution in [0.25, 0.3) is 0 Å². The summed E-state index contributed by atoms with van der Waals surface area (Å²) in [5.41, 5.74) is 6.55. The average Bonchev–Trinajstić information content (AvgIpc) is 1.98. The Bertz CT molecular complexity index is 340. The molecule has 0 aromatic heterocycles. The highest BCUT2D eigenvalue weighted by molar-refractivity contribution is 5.48. The molecule has 0 fully saturated rings. The van der Waals surface area contributed by atoms with Gasteiger partial charge in [0.05, 0.1) is 0 Å². The fourth-order valence-electron chi connectivity index (χ4n) is 1.65. The van der Waals surface area contributed by atoms with Gasteiger partial charge in [0.25, 0.3) is 0 Å². The Hall–Kier alpha value is -1.09. The van der Waals surface area contributed by atoms with E-state index in [9.17, 15) is 9.50 Å². The van der Waals surface area contributed by atoms with Crippen LogP contribution in [-0.4, -0.2) is 5.11 Å². The van der Waals surface area contributed by atoms with E-state index in [-0.39, 0.29) is 11.6 Å². The summed E-state index contributed by atoms with van der Waals surface area (Å²) in [6.45, 7) is 6.77. The van der Waals surface area contributed by atoms with Gasteiger partial charge in [-0.2, -0.15) is 0 Å². The third-order valence-electron chi connectivity index (χ3n) is 2.33. The molecule has 0 aliphatic rings. The molecule has 3 N–H and O–H groups in total. The standard InChI is InChI=1S/C11H16FNO/c1-6-5-8(12)7(2)9(10(6)14)11(3,4)13/h5,14H,13H2,1-4H3. The second-order valence-corrected chi connectivity index (χ2v) is 4.25. The van der Waals surface area contributed by atoms with E-state index < -0.39 is 5.54 Å². The van der Waals surface area contributed by atoms with Crippen LogP contribution in [0, 0.1) is 19.7 Å². The van der Waals surface area contributed by atoms with Gasteiger partial charge in [0, 0.05) is 11.1 Å². The van der Waals surface area contributed by atoms with Crippen molar-refractivity contribution in [2.24, 2.45) is 5.73 Å². The van der Waals surface area contributed by atoms with Crippen LogP contribution in [0.1, 0.15) is 30.5 Å². The second-order valence-electron chi connectivity index (χ2n) is 4.25. The molecular formula is C11H16FNO. The summed E-state index contributed by atoms with van der Waals surface area (Å²) in [5, 5.41) is 9.79. The zero-order valence-corrected chi connectivity index (χ0v) is 8.98. The largest absolute Gasteiger partial charge is 0.507 e. The van der Waals surface area contributed by atoms with Gasteiger partial charge in [-0.15, -0.1) is 0 Å². The molecule has 14 heavy (non-hydrogen) atoms. The number of hydrogen-bond acceptors (Lipinski definition) is 2. The van der Waals surface area contributed by atoms with Crippen molar-refractivity contribution in [3.63, 3.8) is 0 Å². The highest BCUT2D eigenvalue weighted by Gasteiger charge is 2.24. The van der Waals surface area contributed by atoms with Gasteiger partial charge in [-0.25, -0.2) is 4.39 Å². The predicted molar refractivity (Wildman–Crippen MR) is 54.8 cm³/mol. The number of rotatable bonds is 1. The first-order valence-electron chi connectivity index (χ1n) is 4.53. The normalized spacial score (nSPS) is 11.9. The number of aromatic hydroxyl groups is 1. The van der Waals surface area contributed by atoms with Crippen LogP contribution < -0.4 is 5.73 Å². The number of nitrogens with two attached hydrogens (primary N) is 1. The van der Waals surface area contributed by atoms with Crippen LogP contribution in [0.5, 0.6) is 5.75 Å². The van der Waals surface area contributed by atoms with Gasteiger partial charge in [-0.3, -0.25) is 0 Å². The number of aryl methyl sites for hydroxylation is 1. The van der Waals surface area contributed by atoms with Gasteiger partial charge in [-0.05, 0) is 44.9 Å². The number of halogens is 1. The van der Waals surface area contributed by atoms with Crippen LogP contribution in [0.2, 0.25) is 0 Å². The maximum absolute atomic E-state index is 13.4. The Kier molecular flexibility index (Phi) is 2.54. The fraction of sp³-hybridized carbons (Fsp3) is 0.455. The molecule has 0 amide bonds. The average molecular weight is 197 g/mol. The number of phenolic OH excluding ortho intramolecular Hbond substituents is 1. The van der Waals surface area contributed by atoms with E-state index in [1.807, 2.05) is 0 Å². The highest BCUT2D eigenvalue weighted by Crippen LogP contribution is 2.34. The van der Waals surface area contributed by atoms with Crippen LogP contribution in [0.3, 0.4) is 0 Å². The first-order valence-corrected chi connectivity index (χ1v) is 4.53. The quantitative estimate of drug-likeness (QED) is 0.725. The number of phenols is 1. The van der Waals surface area contributed by atoms with Crippen molar-refractivity contribution >= 4 is 0 Å². The molecule has 0 unspecified atom stereocenters. The van der Waals surface area contributed by atoms with Gasteiger partial charge in [-0.1, -0.05) is 0 Å². The van der Waals surface area contributed by atoms with Crippen LogP contribution in [0.4, 0.5) is 4.39 Å². The molecule has 0 bridgehead atoms. The summed E-state index contributed by atoms with van der Waals surface area (Å²) in [6, 6.07) is 1.32. The Morgan fingerprint density at radius 3 is 2.29 bits per heavy atom. The van der Waals surface area contributed by atoms with E-state index in [0.29, 0.717) is 16.7 Å². The van der Waals surface area contributed by atoms with E-state index in [4.69, 9.17) is 5.73 Å². The van der Waals surface area contributed by atoms with Crippen molar-refractivity contribution in [1.82, 2.24) is 0 Å². The Labute approximate surface area is 83.6 Å². The molecule has 0 aliphatic heterocycles. The first-order chi connectivity index (χ1) is 6.25. The molecule has 2 nitrogen and oxygen atoms in total. The summed E-state index contributed by atoms with van der Waals surface area (Å²) in [4.78, 5) is 0. The Morgan fingerprint density at radius 2 is 1.86 bits per heavy atom. The molecule has 1 rings (SSSR count). The van der Waals surface area contributed by atoms with Crippen molar-refractivity contribution < 1.29 is 9.50 Å². The van der Waals surface area contributed by atoms with Crippen LogP contribution in [0.15, 0.2) is 6.07 Å². The monoisotopic (exact) mass is 197 g/mol. The summed E-state index contributed by atoms with van der Waals surface area (Å²) >= 11 is 0. The molecule has 3 heteroatoms. The molecule has 0 saturated carbocycles. The summed E-state index contributed by atoms with van der Waals surface area (Å²) in [7, 11) is 0. The molecule has 0 aliphatic carbocycles. The third-order valence-corrected chi connectivity index (χ3v) is 2.33. The lowest BCUT2D eigenvalue weighted by Gasteiger charge is -2.24. The lowest BCUT2D eigenvalue weighted by Crippen LogP contribution is -2.30. The summed E-state index contributed by atoms with van der Waals surface area (Å²) in [6.07, 6.45) is 0. The minimum atomic E-state index is -0.735. The van der Waals surface area contributed by atoms with Crippen LogP contribution >= 0.6 is 0 Å². The van der Waals surface area contributed by atoms with E-state index >= 15 is 0 Å². The molecule has 1 aromatic rings. The van der Waals surface area contributed by atoms with E-state index in [1.165, 1.54) is 6.07 Å². The number of hydrogen-bond donors (Lipinski definition) is 2. The van der Waals surface area contributed by atoms with Crippen molar-refractivity contribution in [3.8, 4) is 5.75 Å². The minimum absolute atomic E-state index is 0.0939. The molecular weight excluding hydrogens is 181 g/mol. The molecule has 0 radical (unpaired) electrons. The fourth-order valence-corrected chi connectivity index (χ4v) is 1.65. The summed E-state index contributed by atoms with van der Waals surface area (Å²) in [5.74, 6) is -0.231. The molecule has 0 heterocycles. The van der Waals surface area contributed by atoms with Gasteiger partial charge < -0.3 is 10.8 Å². The Balaban J connectivity index is 3.56. The minimum Gasteiger partial charge on any atom is -0.507 e. The summed E-state index contributed by atoms with van der Waals surface area (Å²) < 4.78 is 13.4. The molecule has 0 atom stereocenters. The third kappa shape index (κ3) is 1.73. The lowest BCUT2D eigenvalue weighted by molar-refractivity contribution is 0.430. The van der Waals surface area contributed by atoms with Gasteiger partial charge in [0.2, 0.25) is 0 Å².